The lowest BCUT2D eigenvalue weighted by Gasteiger charge is -2.10. The molecule has 2 aromatic heterocycles. The fourth-order valence-electron chi connectivity index (χ4n) is 2.20. The Bertz CT molecular complexity index is 952. The highest BCUT2D eigenvalue weighted by Crippen LogP contribution is 2.14. The van der Waals surface area contributed by atoms with E-state index in [0.717, 1.165) is 12.4 Å². The predicted octanol–water partition coefficient (Wildman–Crippen LogP) is 1.77. The number of rotatable bonds is 6. The molecular weight excluding hydrogens is 345 g/mol. The van der Waals surface area contributed by atoms with Gasteiger partial charge >= 0.3 is 5.69 Å². The van der Waals surface area contributed by atoms with Crippen molar-refractivity contribution in [2.24, 2.45) is 0 Å². The number of aromatic nitrogens is 5. The summed E-state index contributed by atoms with van der Waals surface area (Å²) < 4.78 is 16.2. The smallest absolute Gasteiger partial charge is 0.291 e. The summed E-state index contributed by atoms with van der Waals surface area (Å²) in [4.78, 5) is 26.3. The van der Waals surface area contributed by atoms with Crippen molar-refractivity contribution in [1.82, 2.24) is 24.5 Å². The van der Waals surface area contributed by atoms with Gasteiger partial charge in [0, 0.05) is 5.56 Å². The number of carbonyl (C=O) groups excluding carboxylic acids is 1. The molecule has 0 aliphatic heterocycles. The van der Waals surface area contributed by atoms with E-state index in [1.54, 1.807) is 18.2 Å². The molecule has 0 fully saturated rings. The molecule has 0 radical (unpaired) electrons. The van der Waals surface area contributed by atoms with E-state index in [4.69, 9.17) is 0 Å². The molecule has 2 heterocycles. The number of amides is 1. The molecule has 0 spiro atoms. The van der Waals surface area contributed by atoms with E-state index in [1.807, 2.05) is 0 Å². The molecule has 0 saturated carbocycles. The lowest BCUT2D eigenvalue weighted by molar-refractivity contribution is -0.385. The van der Waals surface area contributed by atoms with E-state index in [9.17, 15) is 19.3 Å². The van der Waals surface area contributed by atoms with Gasteiger partial charge in [-0.2, -0.15) is 5.10 Å². The highest BCUT2D eigenvalue weighted by atomic mass is 19.1. The molecule has 26 heavy (non-hydrogen) atoms. The number of nitro groups is 1. The number of hydrogen-bond acceptors (Lipinski definition) is 6. The molecule has 10 nitrogen and oxygen atoms in total. The van der Waals surface area contributed by atoms with E-state index >= 15 is 0 Å². The Kier molecular flexibility index (Phi) is 4.69. The highest BCUT2D eigenvalue weighted by Gasteiger charge is 2.20. The van der Waals surface area contributed by atoms with E-state index in [-0.39, 0.29) is 24.0 Å². The Hall–Kier alpha value is -3.63. The largest absolute Gasteiger partial charge is 0.307 e. The average molecular weight is 359 g/mol. The van der Waals surface area contributed by atoms with Crippen LogP contribution in [0.15, 0.2) is 43.0 Å². The average Bonchev–Trinajstić information content (AvgIpc) is 3.26. The quantitative estimate of drug-likeness (QED) is 0.529. The third kappa shape index (κ3) is 3.71. The van der Waals surface area contributed by atoms with Gasteiger partial charge in [-0.15, -0.1) is 5.10 Å². The van der Waals surface area contributed by atoms with Crippen LogP contribution in [0, 0.1) is 15.9 Å². The van der Waals surface area contributed by atoms with Crippen molar-refractivity contribution in [3.63, 3.8) is 0 Å². The minimum absolute atomic E-state index is 0.0415. The molecule has 0 bridgehead atoms. The molecule has 1 aromatic carbocycles. The summed E-state index contributed by atoms with van der Waals surface area (Å²) in [5, 5.41) is 21.0. The van der Waals surface area contributed by atoms with Gasteiger partial charge in [0.15, 0.2) is 0 Å². The van der Waals surface area contributed by atoms with E-state index in [1.165, 1.54) is 28.7 Å². The van der Waals surface area contributed by atoms with Gasteiger partial charge in [0.2, 0.25) is 5.95 Å². The molecule has 1 amide bonds. The summed E-state index contributed by atoms with van der Waals surface area (Å²) in [6, 6.07) is 5.47. The maximum absolute atomic E-state index is 13.7. The highest BCUT2D eigenvalue weighted by molar-refractivity contribution is 5.91. The van der Waals surface area contributed by atoms with Crippen LogP contribution in [0.3, 0.4) is 0 Å². The third-order valence-corrected chi connectivity index (χ3v) is 3.64. The Balaban J connectivity index is 1.65. The van der Waals surface area contributed by atoms with Gasteiger partial charge in [-0.25, -0.2) is 14.1 Å². The zero-order valence-electron chi connectivity index (χ0n) is 13.6. The lowest BCUT2D eigenvalue weighted by atomic mass is 10.2. The second-order valence-corrected chi connectivity index (χ2v) is 5.46. The van der Waals surface area contributed by atoms with Crippen LogP contribution >= 0.6 is 0 Å². The second kappa shape index (κ2) is 7.09. The van der Waals surface area contributed by atoms with Crippen LogP contribution in [-0.4, -0.2) is 35.4 Å². The summed E-state index contributed by atoms with van der Waals surface area (Å²) in [5.74, 6) is -0.811. The number of hydrogen-bond donors (Lipinski definition) is 1. The van der Waals surface area contributed by atoms with Gasteiger partial charge in [-0.3, -0.25) is 24.9 Å². The first-order valence-corrected chi connectivity index (χ1v) is 7.56. The van der Waals surface area contributed by atoms with Crippen LogP contribution in [0.5, 0.6) is 0 Å². The SMILES string of the molecule is CC(C(=O)Nc1ncn(Cc2ccccc2F)n1)n1cc([N+](=O)[O-])cn1. The van der Waals surface area contributed by atoms with Gasteiger partial charge in [-0.05, 0) is 13.0 Å². The molecule has 3 aromatic rings. The van der Waals surface area contributed by atoms with Crippen LogP contribution < -0.4 is 5.32 Å². The monoisotopic (exact) mass is 359 g/mol. The summed E-state index contributed by atoms with van der Waals surface area (Å²) in [6.45, 7) is 1.69. The van der Waals surface area contributed by atoms with Crippen LogP contribution in [0.25, 0.3) is 0 Å². The molecule has 1 atom stereocenters. The third-order valence-electron chi connectivity index (χ3n) is 3.64. The molecule has 0 saturated heterocycles. The van der Waals surface area contributed by atoms with Crippen molar-refractivity contribution < 1.29 is 14.1 Å². The Labute approximate surface area is 146 Å². The lowest BCUT2D eigenvalue weighted by Crippen LogP contribution is -2.24. The number of anilines is 1. The van der Waals surface area contributed by atoms with Crippen LogP contribution in [-0.2, 0) is 11.3 Å². The van der Waals surface area contributed by atoms with Gasteiger partial charge in [0.1, 0.15) is 30.6 Å². The molecule has 0 aliphatic rings. The van der Waals surface area contributed by atoms with Crippen molar-refractivity contribution in [2.45, 2.75) is 19.5 Å². The second-order valence-electron chi connectivity index (χ2n) is 5.46. The number of carbonyl (C=O) groups is 1. The van der Waals surface area contributed by atoms with Gasteiger partial charge in [0.25, 0.3) is 5.91 Å². The fourth-order valence-corrected chi connectivity index (χ4v) is 2.20. The van der Waals surface area contributed by atoms with Gasteiger partial charge in [-0.1, -0.05) is 18.2 Å². The summed E-state index contributed by atoms with van der Waals surface area (Å²) in [5.41, 5.74) is 0.226. The summed E-state index contributed by atoms with van der Waals surface area (Å²) >= 11 is 0. The van der Waals surface area contributed by atoms with Crippen LogP contribution in [0.2, 0.25) is 0 Å². The molecule has 1 unspecified atom stereocenters. The molecule has 0 aliphatic carbocycles. The zero-order valence-corrected chi connectivity index (χ0v) is 13.6. The normalized spacial score (nSPS) is 11.9. The topological polar surface area (TPSA) is 121 Å². The summed E-state index contributed by atoms with van der Waals surface area (Å²) in [7, 11) is 0. The molecule has 1 N–H and O–H groups in total. The maximum Gasteiger partial charge on any atom is 0.307 e. The number of halogens is 1. The standard InChI is InChI=1S/C15H14FN7O3/c1-10(22-8-12(6-18-22)23(25)26)14(24)19-15-17-9-21(20-15)7-11-4-2-3-5-13(11)16/h2-6,8-10H,7H2,1H3,(H,19,20,24). The first kappa shape index (κ1) is 17.2. The maximum atomic E-state index is 13.7. The molecular formula is C15H14FN7O3. The van der Waals surface area contributed by atoms with Crippen molar-refractivity contribution >= 4 is 17.5 Å². The number of benzene rings is 1. The van der Waals surface area contributed by atoms with Crippen LogP contribution in [0.1, 0.15) is 18.5 Å². The van der Waals surface area contributed by atoms with Crippen molar-refractivity contribution in [3.8, 4) is 0 Å². The number of nitrogens with one attached hydrogen (secondary N) is 1. The van der Waals surface area contributed by atoms with E-state index < -0.39 is 16.9 Å². The first-order chi connectivity index (χ1) is 12.4. The predicted molar refractivity (Wildman–Crippen MR) is 87.7 cm³/mol. The molecule has 3 rings (SSSR count). The first-order valence-electron chi connectivity index (χ1n) is 7.56. The van der Waals surface area contributed by atoms with Crippen LogP contribution in [0.4, 0.5) is 16.0 Å². The Morgan fingerprint density at radius 1 is 1.42 bits per heavy atom. The van der Waals surface area contributed by atoms with Crippen molar-refractivity contribution in [3.05, 3.63) is 64.5 Å². The van der Waals surface area contributed by atoms with E-state index in [2.05, 4.69) is 20.5 Å². The van der Waals surface area contributed by atoms with Crippen molar-refractivity contribution in [2.75, 3.05) is 5.32 Å². The Morgan fingerprint density at radius 2 is 2.19 bits per heavy atom. The molecule has 134 valence electrons. The number of nitrogens with zero attached hydrogens (tertiary/aromatic N) is 6. The molecule has 11 heteroatoms. The minimum Gasteiger partial charge on any atom is -0.291 e. The zero-order chi connectivity index (χ0) is 18.7. The minimum atomic E-state index is -0.804. The van der Waals surface area contributed by atoms with Gasteiger partial charge < -0.3 is 0 Å². The van der Waals surface area contributed by atoms with Crippen molar-refractivity contribution in [1.29, 1.82) is 0 Å². The summed E-state index contributed by atoms with van der Waals surface area (Å²) in [6.07, 6.45) is 3.59. The Morgan fingerprint density at radius 3 is 2.88 bits per heavy atom. The van der Waals surface area contributed by atoms with E-state index in [0.29, 0.717) is 5.56 Å². The fraction of sp³-hybridized carbons (Fsp3) is 0.200. The van der Waals surface area contributed by atoms with Gasteiger partial charge in [0.05, 0.1) is 11.5 Å².